The van der Waals surface area contributed by atoms with Crippen molar-refractivity contribution in [2.75, 3.05) is 12.3 Å². The molecule has 1 saturated heterocycles. The van der Waals surface area contributed by atoms with Gasteiger partial charge in [-0.05, 0) is 74.5 Å². The number of carbonyl (C=O) groups is 1. The zero-order chi connectivity index (χ0) is 16.1. The van der Waals surface area contributed by atoms with Crippen LogP contribution in [0.25, 0.3) is 0 Å². The maximum Gasteiger partial charge on any atom is 0.221 e. The van der Waals surface area contributed by atoms with Crippen LogP contribution in [0.2, 0.25) is 0 Å². The largest absolute Gasteiger partial charge is 0.356 e. The number of rotatable bonds is 4. The highest BCUT2D eigenvalue weighted by molar-refractivity contribution is 7.89. The predicted molar refractivity (Wildman–Crippen MR) is 88.2 cm³/mol. The molecule has 5 fully saturated rings. The molecular weight excluding hydrogens is 312 g/mol. The zero-order valence-electron chi connectivity index (χ0n) is 13.7. The van der Waals surface area contributed by atoms with Crippen LogP contribution >= 0.6 is 0 Å². The van der Waals surface area contributed by atoms with Gasteiger partial charge in [0.05, 0.1) is 5.75 Å². The molecule has 6 heteroatoms. The molecule has 5 rings (SSSR count). The molecule has 4 bridgehead atoms. The number of nitrogens with one attached hydrogen (secondary N) is 2. The quantitative estimate of drug-likeness (QED) is 0.819. The topological polar surface area (TPSA) is 75.3 Å². The van der Waals surface area contributed by atoms with Gasteiger partial charge in [0.15, 0.2) is 0 Å². The fourth-order valence-corrected chi connectivity index (χ4v) is 8.19. The van der Waals surface area contributed by atoms with E-state index < -0.39 is 10.0 Å². The number of hydrogen-bond donors (Lipinski definition) is 2. The van der Waals surface area contributed by atoms with Gasteiger partial charge in [-0.1, -0.05) is 0 Å². The molecule has 4 saturated carbocycles. The standard InChI is InChI=1S/C17H28N2O3S/c20-16-7-15(2-1-3-18-16)19-23(21,22)11-17-8-12-4-13(9-17)6-14(5-12)10-17/h12-15,19H,1-11H2,(H,18,20)/t12?,13?,14?,15-,17?/m0/s1. The number of amides is 1. The summed E-state index contributed by atoms with van der Waals surface area (Å²) in [5.41, 5.74) is 0.0214. The second kappa shape index (κ2) is 5.73. The molecule has 1 amide bonds. The summed E-state index contributed by atoms with van der Waals surface area (Å²) in [4.78, 5) is 11.6. The molecule has 0 aromatic rings. The van der Waals surface area contributed by atoms with Crippen LogP contribution in [0.1, 0.15) is 57.8 Å². The van der Waals surface area contributed by atoms with Crippen LogP contribution in [0.3, 0.4) is 0 Å². The van der Waals surface area contributed by atoms with E-state index in [-0.39, 0.29) is 29.5 Å². The summed E-state index contributed by atoms with van der Waals surface area (Å²) >= 11 is 0. The van der Waals surface area contributed by atoms with Crippen LogP contribution in [0.4, 0.5) is 0 Å². The van der Waals surface area contributed by atoms with Gasteiger partial charge in [0.25, 0.3) is 0 Å². The molecule has 2 N–H and O–H groups in total. The minimum absolute atomic E-state index is 0.0214. The van der Waals surface area contributed by atoms with E-state index in [2.05, 4.69) is 10.0 Å². The van der Waals surface area contributed by atoms with E-state index in [1.54, 1.807) is 0 Å². The number of sulfonamides is 1. The highest BCUT2D eigenvalue weighted by Gasteiger charge is 2.52. The molecule has 0 spiro atoms. The Morgan fingerprint density at radius 2 is 1.70 bits per heavy atom. The summed E-state index contributed by atoms with van der Waals surface area (Å²) in [6.45, 7) is 0.659. The first-order chi connectivity index (χ1) is 10.9. The minimum atomic E-state index is -3.31. The summed E-state index contributed by atoms with van der Waals surface area (Å²) in [5, 5.41) is 2.81. The molecule has 0 radical (unpaired) electrons. The summed E-state index contributed by atoms with van der Waals surface area (Å²) in [7, 11) is -3.31. The number of hydrogen-bond acceptors (Lipinski definition) is 3. The average molecular weight is 340 g/mol. The summed E-state index contributed by atoms with van der Waals surface area (Å²) in [6, 6.07) is -0.226. The van der Waals surface area contributed by atoms with E-state index in [1.807, 2.05) is 0 Å². The van der Waals surface area contributed by atoms with Crippen molar-refractivity contribution in [2.24, 2.45) is 23.2 Å². The van der Waals surface area contributed by atoms with E-state index in [4.69, 9.17) is 0 Å². The number of carbonyl (C=O) groups excluding carboxylic acids is 1. The Bertz CT molecular complexity index is 551. The van der Waals surface area contributed by atoms with Gasteiger partial charge in [-0.3, -0.25) is 4.79 Å². The Hall–Kier alpha value is -0.620. The first-order valence-corrected chi connectivity index (χ1v) is 10.8. The molecule has 0 aromatic heterocycles. The molecule has 130 valence electrons. The van der Waals surface area contributed by atoms with Crippen LogP contribution in [-0.2, 0) is 14.8 Å². The monoisotopic (exact) mass is 340 g/mol. The molecule has 0 aromatic carbocycles. The highest BCUT2D eigenvalue weighted by Crippen LogP contribution is 2.60. The van der Waals surface area contributed by atoms with Crippen molar-refractivity contribution in [3.63, 3.8) is 0 Å². The van der Waals surface area contributed by atoms with Gasteiger partial charge in [-0.25, -0.2) is 13.1 Å². The molecule has 5 nitrogen and oxygen atoms in total. The maximum atomic E-state index is 12.8. The molecule has 0 unspecified atom stereocenters. The first kappa shape index (κ1) is 15.9. The van der Waals surface area contributed by atoms with E-state index in [9.17, 15) is 13.2 Å². The third-order valence-electron chi connectivity index (χ3n) is 6.49. The van der Waals surface area contributed by atoms with E-state index in [0.29, 0.717) is 6.54 Å². The summed E-state index contributed by atoms with van der Waals surface area (Å²) < 4.78 is 28.4. The molecule has 1 heterocycles. The maximum absolute atomic E-state index is 12.8. The van der Waals surface area contributed by atoms with Crippen molar-refractivity contribution in [2.45, 2.75) is 63.8 Å². The Labute approximate surface area is 139 Å². The fourth-order valence-electron chi connectivity index (χ4n) is 6.24. The van der Waals surface area contributed by atoms with Crippen LogP contribution < -0.4 is 10.0 Å². The third-order valence-corrected chi connectivity index (χ3v) is 8.18. The smallest absolute Gasteiger partial charge is 0.221 e. The predicted octanol–water partition coefficient (Wildman–Crippen LogP) is 1.79. The second-order valence-electron chi connectivity index (χ2n) is 8.69. The zero-order valence-corrected chi connectivity index (χ0v) is 14.5. The van der Waals surface area contributed by atoms with Crippen molar-refractivity contribution >= 4 is 15.9 Å². The SMILES string of the molecule is O=C1C[C@@H](NS(=O)(=O)CC23CC4CC(CC(C4)C2)C3)CCCN1. The Morgan fingerprint density at radius 3 is 2.30 bits per heavy atom. The lowest BCUT2D eigenvalue weighted by Crippen LogP contribution is -2.51. The van der Waals surface area contributed by atoms with Gasteiger partial charge >= 0.3 is 0 Å². The minimum Gasteiger partial charge on any atom is -0.356 e. The van der Waals surface area contributed by atoms with E-state index in [0.717, 1.165) is 49.9 Å². The van der Waals surface area contributed by atoms with Crippen LogP contribution in [0, 0.1) is 23.2 Å². The molecule has 4 aliphatic carbocycles. The lowest BCUT2D eigenvalue weighted by molar-refractivity contribution is -0.121. The Morgan fingerprint density at radius 1 is 1.09 bits per heavy atom. The van der Waals surface area contributed by atoms with Crippen molar-refractivity contribution in [3.8, 4) is 0 Å². The fraction of sp³-hybridized carbons (Fsp3) is 0.941. The summed E-state index contributed by atoms with van der Waals surface area (Å²) in [6.07, 6.45) is 9.16. The second-order valence-corrected chi connectivity index (χ2v) is 10.4. The van der Waals surface area contributed by atoms with Crippen molar-refractivity contribution in [1.29, 1.82) is 0 Å². The van der Waals surface area contributed by atoms with Crippen LogP contribution in [0.15, 0.2) is 0 Å². The Kier molecular flexibility index (Phi) is 3.95. The Balaban J connectivity index is 1.44. The van der Waals surface area contributed by atoms with Crippen LogP contribution in [0.5, 0.6) is 0 Å². The molecular formula is C17H28N2O3S. The summed E-state index contributed by atoms with van der Waals surface area (Å²) in [5.74, 6) is 2.53. The molecule has 1 atom stereocenters. The third kappa shape index (κ3) is 3.43. The van der Waals surface area contributed by atoms with Gasteiger partial charge in [-0.15, -0.1) is 0 Å². The van der Waals surface area contributed by atoms with Crippen molar-refractivity contribution in [1.82, 2.24) is 10.0 Å². The molecule has 1 aliphatic heterocycles. The van der Waals surface area contributed by atoms with Gasteiger partial charge < -0.3 is 5.32 Å². The van der Waals surface area contributed by atoms with Crippen molar-refractivity contribution in [3.05, 3.63) is 0 Å². The van der Waals surface area contributed by atoms with Gasteiger partial charge in [0.2, 0.25) is 15.9 Å². The molecule has 23 heavy (non-hydrogen) atoms. The van der Waals surface area contributed by atoms with E-state index >= 15 is 0 Å². The normalized spacial score (nSPS) is 43.2. The van der Waals surface area contributed by atoms with Crippen molar-refractivity contribution < 1.29 is 13.2 Å². The van der Waals surface area contributed by atoms with Gasteiger partial charge in [0.1, 0.15) is 0 Å². The average Bonchev–Trinajstić information content (AvgIpc) is 2.59. The van der Waals surface area contributed by atoms with Crippen LogP contribution in [-0.4, -0.2) is 32.7 Å². The first-order valence-electron chi connectivity index (χ1n) is 9.18. The van der Waals surface area contributed by atoms with E-state index in [1.165, 1.54) is 19.3 Å². The van der Waals surface area contributed by atoms with Gasteiger partial charge in [0, 0.05) is 19.0 Å². The molecule has 5 aliphatic rings. The highest BCUT2D eigenvalue weighted by atomic mass is 32.2. The van der Waals surface area contributed by atoms with Gasteiger partial charge in [-0.2, -0.15) is 0 Å². The lowest BCUT2D eigenvalue weighted by Gasteiger charge is -2.56. The lowest BCUT2D eigenvalue weighted by atomic mass is 9.50.